The number of nitrogens with one attached hydrogen (secondary N) is 3. The maximum Gasteiger partial charge on any atom is 0.293 e. The number of halogens is 1. The molecule has 210 valence electrons. The third-order valence-corrected chi connectivity index (χ3v) is 8.84. The van der Waals surface area contributed by atoms with Crippen molar-refractivity contribution < 1.29 is 17.9 Å². The normalized spacial score (nSPS) is 17.8. The number of aryl methyl sites for hydroxylation is 1. The summed E-state index contributed by atoms with van der Waals surface area (Å²) in [6.45, 7) is 5.40. The standard InChI is InChI=1S/C27H35ClN6O4S/c1-19-6-7-20(14-23(19)30)17-31-39(36,37)34-12-10-33(11-13-34)24(16-29)25(38-18-27(2)8-9-27)26(35)32-22-5-3-4-21(28)15-22/h3-7,14-16,29,31H,8-13,17-18,30H2,1-2H3,(H,32,35)/b25-24-,29-16?. The number of nitrogens with two attached hydrogens (primary N) is 1. The second-order valence-electron chi connectivity index (χ2n) is 10.3. The van der Waals surface area contributed by atoms with Crippen LogP contribution in [0.3, 0.4) is 0 Å². The van der Waals surface area contributed by atoms with E-state index in [2.05, 4.69) is 17.0 Å². The summed E-state index contributed by atoms with van der Waals surface area (Å²) < 4.78 is 35.9. The van der Waals surface area contributed by atoms with Crippen LogP contribution in [0.1, 0.15) is 30.9 Å². The Kier molecular flexibility index (Phi) is 8.85. The van der Waals surface area contributed by atoms with Gasteiger partial charge in [-0.3, -0.25) is 4.79 Å². The molecule has 5 N–H and O–H groups in total. The predicted molar refractivity (Wildman–Crippen MR) is 154 cm³/mol. The highest BCUT2D eigenvalue weighted by Crippen LogP contribution is 2.45. The van der Waals surface area contributed by atoms with Crippen LogP contribution < -0.4 is 15.8 Å². The molecule has 0 bridgehead atoms. The second kappa shape index (κ2) is 12.0. The molecule has 0 radical (unpaired) electrons. The van der Waals surface area contributed by atoms with E-state index in [0.717, 1.165) is 30.2 Å². The summed E-state index contributed by atoms with van der Waals surface area (Å²) in [7, 11) is -3.74. The molecule has 0 spiro atoms. The van der Waals surface area contributed by atoms with E-state index in [4.69, 9.17) is 27.5 Å². The van der Waals surface area contributed by atoms with Crippen LogP contribution >= 0.6 is 11.6 Å². The fraction of sp³-hybridized carbons (Fsp3) is 0.407. The van der Waals surface area contributed by atoms with Crippen molar-refractivity contribution in [2.45, 2.75) is 33.2 Å². The molecular formula is C27H35ClN6O4S. The zero-order valence-electron chi connectivity index (χ0n) is 22.2. The van der Waals surface area contributed by atoms with Crippen molar-refractivity contribution in [2.75, 3.05) is 43.8 Å². The first-order chi connectivity index (χ1) is 18.5. The molecule has 2 aromatic rings. The second-order valence-corrected chi connectivity index (χ2v) is 12.5. The summed E-state index contributed by atoms with van der Waals surface area (Å²) in [5.41, 5.74) is 9.08. The van der Waals surface area contributed by atoms with E-state index in [0.29, 0.717) is 28.7 Å². The molecule has 0 unspecified atom stereocenters. The van der Waals surface area contributed by atoms with Crippen LogP contribution in [0.2, 0.25) is 5.02 Å². The number of hydrogen-bond donors (Lipinski definition) is 4. The lowest BCUT2D eigenvalue weighted by Gasteiger charge is -2.36. The molecule has 0 atom stereocenters. The Morgan fingerprint density at radius 1 is 1.18 bits per heavy atom. The van der Waals surface area contributed by atoms with Gasteiger partial charge in [-0.05, 0) is 55.2 Å². The zero-order valence-corrected chi connectivity index (χ0v) is 23.7. The number of carbonyl (C=O) groups is 1. The number of anilines is 2. The molecule has 39 heavy (non-hydrogen) atoms. The molecule has 2 aliphatic rings. The van der Waals surface area contributed by atoms with E-state index in [1.165, 1.54) is 4.31 Å². The lowest BCUT2D eigenvalue weighted by atomic mass is 10.1. The Balaban J connectivity index is 1.45. The van der Waals surface area contributed by atoms with Gasteiger partial charge in [0.05, 0.1) is 6.61 Å². The minimum Gasteiger partial charge on any atom is -0.486 e. The van der Waals surface area contributed by atoms with Crippen molar-refractivity contribution in [3.63, 3.8) is 0 Å². The Bertz CT molecular complexity index is 1370. The molecule has 1 saturated carbocycles. The van der Waals surface area contributed by atoms with Gasteiger partial charge in [0.2, 0.25) is 5.76 Å². The van der Waals surface area contributed by atoms with Crippen LogP contribution in [0.5, 0.6) is 0 Å². The average molecular weight is 575 g/mol. The van der Waals surface area contributed by atoms with E-state index in [9.17, 15) is 13.2 Å². The summed E-state index contributed by atoms with van der Waals surface area (Å²) in [5.74, 6) is -0.460. The summed E-state index contributed by atoms with van der Waals surface area (Å²) in [6, 6.07) is 12.2. The maximum absolute atomic E-state index is 13.3. The Labute approximate surface area is 234 Å². The van der Waals surface area contributed by atoms with Crippen molar-refractivity contribution in [2.24, 2.45) is 5.41 Å². The summed E-state index contributed by atoms with van der Waals surface area (Å²) in [4.78, 5) is 15.1. The number of piperazine rings is 1. The largest absolute Gasteiger partial charge is 0.486 e. The quantitative estimate of drug-likeness (QED) is 0.140. The van der Waals surface area contributed by atoms with Crippen LogP contribution in [-0.4, -0.2) is 62.5 Å². The zero-order chi connectivity index (χ0) is 28.2. The Morgan fingerprint density at radius 2 is 1.90 bits per heavy atom. The monoisotopic (exact) mass is 574 g/mol. The smallest absolute Gasteiger partial charge is 0.293 e. The SMILES string of the molecule is Cc1ccc(CNS(=O)(=O)N2CCN(/C(C=N)=C(\OCC3(C)CC3)C(=O)Nc3cccc(Cl)c3)CC2)cc1N. The maximum atomic E-state index is 13.3. The molecule has 2 aromatic carbocycles. The highest BCUT2D eigenvalue weighted by Gasteiger charge is 2.39. The van der Waals surface area contributed by atoms with Crippen molar-refractivity contribution in [1.82, 2.24) is 13.9 Å². The summed E-state index contributed by atoms with van der Waals surface area (Å²) in [6.07, 6.45) is 3.11. The highest BCUT2D eigenvalue weighted by molar-refractivity contribution is 7.87. The highest BCUT2D eigenvalue weighted by atomic mass is 35.5. The van der Waals surface area contributed by atoms with Gasteiger partial charge >= 0.3 is 0 Å². The summed E-state index contributed by atoms with van der Waals surface area (Å²) >= 11 is 6.07. The van der Waals surface area contributed by atoms with E-state index in [1.807, 2.05) is 24.0 Å². The molecule has 1 aliphatic heterocycles. The fourth-order valence-corrected chi connectivity index (χ4v) is 5.52. The van der Waals surface area contributed by atoms with Gasteiger partial charge in [-0.25, -0.2) is 0 Å². The minimum atomic E-state index is -3.74. The van der Waals surface area contributed by atoms with Gasteiger partial charge in [-0.2, -0.15) is 17.4 Å². The number of amides is 1. The van der Waals surface area contributed by atoms with Crippen molar-refractivity contribution >= 4 is 45.3 Å². The van der Waals surface area contributed by atoms with Gasteiger partial charge in [0.15, 0.2) is 0 Å². The van der Waals surface area contributed by atoms with Crippen LogP contribution in [-0.2, 0) is 26.3 Å². The van der Waals surface area contributed by atoms with Gasteiger partial charge in [0.1, 0.15) is 5.70 Å². The molecule has 10 nitrogen and oxygen atoms in total. The number of nitrogens with zero attached hydrogens (tertiary/aromatic N) is 2. The molecule has 12 heteroatoms. The van der Waals surface area contributed by atoms with Gasteiger partial charge in [-0.15, -0.1) is 0 Å². The minimum absolute atomic E-state index is 0.00921. The molecule has 1 amide bonds. The van der Waals surface area contributed by atoms with Crippen LogP contribution in [0.4, 0.5) is 11.4 Å². The first-order valence-corrected chi connectivity index (χ1v) is 14.6. The van der Waals surface area contributed by atoms with Gasteiger partial charge < -0.3 is 26.1 Å². The van der Waals surface area contributed by atoms with Crippen molar-refractivity contribution in [1.29, 1.82) is 5.41 Å². The number of ether oxygens (including phenoxy) is 1. The van der Waals surface area contributed by atoms with Crippen molar-refractivity contribution in [3.8, 4) is 0 Å². The summed E-state index contributed by atoms with van der Waals surface area (Å²) in [5, 5.41) is 11.4. The van der Waals surface area contributed by atoms with Crippen LogP contribution in [0, 0.1) is 17.7 Å². The van der Waals surface area contributed by atoms with Crippen LogP contribution in [0.25, 0.3) is 0 Å². The number of rotatable bonds is 11. The molecule has 1 aliphatic carbocycles. The fourth-order valence-electron chi connectivity index (χ4n) is 4.15. The third-order valence-electron chi connectivity index (χ3n) is 7.05. The predicted octanol–water partition coefficient (Wildman–Crippen LogP) is 3.50. The van der Waals surface area contributed by atoms with E-state index < -0.39 is 16.1 Å². The van der Waals surface area contributed by atoms with Crippen LogP contribution in [0.15, 0.2) is 53.9 Å². The number of allylic oxidation sites excluding steroid dienone is 1. The Hall–Kier alpha value is -3.12. The number of carbonyl (C=O) groups excluding carboxylic acids is 1. The first-order valence-electron chi connectivity index (χ1n) is 12.8. The number of nitrogen functional groups attached to an aromatic ring is 1. The average Bonchev–Trinajstić information content (AvgIpc) is 3.64. The number of benzene rings is 2. The van der Waals surface area contributed by atoms with Gasteiger partial charge in [0.25, 0.3) is 16.1 Å². The lowest BCUT2D eigenvalue weighted by Crippen LogP contribution is -2.52. The van der Waals surface area contributed by atoms with E-state index >= 15 is 0 Å². The van der Waals surface area contributed by atoms with E-state index in [-0.39, 0.29) is 43.9 Å². The van der Waals surface area contributed by atoms with Gasteiger partial charge in [0, 0.05) is 60.8 Å². The molecule has 2 fully saturated rings. The molecule has 1 saturated heterocycles. The van der Waals surface area contributed by atoms with Gasteiger partial charge in [-0.1, -0.05) is 36.7 Å². The van der Waals surface area contributed by atoms with E-state index in [1.54, 1.807) is 30.3 Å². The lowest BCUT2D eigenvalue weighted by molar-refractivity contribution is -0.116. The number of hydrogen-bond acceptors (Lipinski definition) is 7. The molecular weight excluding hydrogens is 540 g/mol. The molecule has 0 aromatic heterocycles. The molecule has 1 heterocycles. The third kappa shape index (κ3) is 7.51. The topological polar surface area (TPSA) is 141 Å². The first kappa shape index (κ1) is 28.9. The Morgan fingerprint density at radius 3 is 2.51 bits per heavy atom. The molecule has 4 rings (SSSR count). The van der Waals surface area contributed by atoms with Crippen molar-refractivity contribution in [3.05, 3.63) is 70.1 Å².